The van der Waals surface area contributed by atoms with Gasteiger partial charge in [-0.3, -0.25) is 14.2 Å². The average Bonchev–Trinajstić information content (AvgIpc) is 3.35. The molecule has 1 N–H and O–H groups in total. The van der Waals surface area contributed by atoms with Gasteiger partial charge in [0.05, 0.1) is 6.54 Å². The number of amides is 2. The van der Waals surface area contributed by atoms with Crippen molar-refractivity contribution in [1.82, 2.24) is 14.1 Å². The number of nitrogens with zero attached hydrogens (tertiary/aromatic N) is 5. The van der Waals surface area contributed by atoms with Crippen LogP contribution in [0.5, 0.6) is 0 Å². The number of benzene rings is 2. The minimum absolute atomic E-state index is 0.0178. The smallest absolute Gasteiger partial charge is 0.340 e. The van der Waals surface area contributed by atoms with Crippen LogP contribution in [0.2, 0.25) is 0 Å². The molecule has 0 bridgehead atoms. The molecule has 8 nitrogen and oxygen atoms in total. The van der Waals surface area contributed by atoms with E-state index in [-0.39, 0.29) is 24.3 Å². The first kappa shape index (κ1) is 20.9. The third kappa shape index (κ3) is 4.23. The molecule has 32 heavy (non-hydrogen) atoms. The van der Waals surface area contributed by atoms with E-state index in [4.69, 9.17) is 6.57 Å². The van der Waals surface area contributed by atoms with Gasteiger partial charge in [-0.1, -0.05) is 12.1 Å². The maximum absolute atomic E-state index is 13.5. The fraction of sp³-hybridized carbons (Fsp3) is 0.167. The van der Waals surface area contributed by atoms with Crippen molar-refractivity contribution in [3.8, 4) is 0 Å². The lowest BCUT2D eigenvalue weighted by atomic mass is 10.2. The van der Waals surface area contributed by atoms with Crippen molar-refractivity contribution < 1.29 is 9.59 Å². The van der Waals surface area contributed by atoms with Crippen molar-refractivity contribution >= 4 is 40.2 Å². The minimum Gasteiger partial charge on any atom is -0.396 e. The van der Waals surface area contributed by atoms with Gasteiger partial charge in [0.1, 0.15) is 12.1 Å². The number of imidazole rings is 1. The van der Waals surface area contributed by atoms with Crippen LogP contribution in [-0.2, 0) is 29.7 Å². The maximum atomic E-state index is 13.5. The number of aromatic nitrogens is 3. The third-order valence-electron chi connectivity index (χ3n) is 5.20. The summed E-state index contributed by atoms with van der Waals surface area (Å²) in [6.45, 7) is 9.27. The van der Waals surface area contributed by atoms with E-state index < -0.39 is 0 Å². The molecule has 2 amide bonds. The Morgan fingerprint density at radius 2 is 1.84 bits per heavy atom. The van der Waals surface area contributed by atoms with Crippen LogP contribution in [0.1, 0.15) is 12.6 Å². The third-order valence-corrected chi connectivity index (χ3v) is 5.20. The van der Waals surface area contributed by atoms with Crippen molar-refractivity contribution in [2.75, 3.05) is 10.2 Å². The van der Waals surface area contributed by atoms with Crippen LogP contribution >= 0.6 is 0 Å². The number of carbonyl (C=O) groups excluding carboxylic acids is 2. The van der Waals surface area contributed by atoms with Crippen LogP contribution in [0.25, 0.3) is 15.9 Å². The van der Waals surface area contributed by atoms with Crippen LogP contribution in [-0.4, -0.2) is 25.9 Å². The number of anilines is 2. The Morgan fingerprint density at radius 1 is 1.09 bits per heavy atom. The van der Waals surface area contributed by atoms with Crippen LogP contribution in [0, 0.1) is 6.57 Å². The fourth-order valence-electron chi connectivity index (χ4n) is 3.60. The summed E-state index contributed by atoms with van der Waals surface area (Å²) in [6.07, 6.45) is 1.93. The summed E-state index contributed by atoms with van der Waals surface area (Å²) in [6, 6.07) is 18.4. The maximum Gasteiger partial charge on any atom is 0.340 e. The second-order valence-corrected chi connectivity index (χ2v) is 7.42. The van der Waals surface area contributed by atoms with Crippen LogP contribution in [0.4, 0.5) is 17.3 Å². The number of hydrogen-bond acceptors (Lipinski definition) is 3. The summed E-state index contributed by atoms with van der Waals surface area (Å²) in [4.78, 5) is 34.4. The van der Waals surface area contributed by atoms with Gasteiger partial charge < -0.3 is 19.6 Å². The molecule has 0 aliphatic rings. The minimum atomic E-state index is -0.175. The number of aryl methyl sites for hydroxylation is 1. The predicted octanol–water partition coefficient (Wildman–Crippen LogP) is 4.12. The SMILES string of the molecule is [C-]#[N+]c1nc2ccccc2n1CC(=O)N(Cc1cccn1C)c1ccc(NC(C)=O)cc1. The van der Waals surface area contributed by atoms with E-state index in [1.54, 1.807) is 33.7 Å². The van der Waals surface area contributed by atoms with Crippen LogP contribution in [0.15, 0.2) is 66.9 Å². The van der Waals surface area contributed by atoms with E-state index in [2.05, 4.69) is 15.1 Å². The van der Waals surface area contributed by atoms with Gasteiger partial charge in [0.15, 0.2) is 5.52 Å². The summed E-state index contributed by atoms with van der Waals surface area (Å²) in [7, 11) is 1.93. The lowest BCUT2D eigenvalue weighted by Gasteiger charge is -2.23. The lowest BCUT2D eigenvalue weighted by Crippen LogP contribution is -2.34. The predicted molar refractivity (Wildman–Crippen MR) is 123 cm³/mol. The monoisotopic (exact) mass is 426 g/mol. The largest absolute Gasteiger partial charge is 0.396 e. The van der Waals surface area contributed by atoms with Gasteiger partial charge in [-0.25, -0.2) is 0 Å². The molecule has 0 fully saturated rings. The van der Waals surface area contributed by atoms with Gasteiger partial charge in [-0.2, -0.15) is 0 Å². The van der Waals surface area contributed by atoms with E-state index in [9.17, 15) is 9.59 Å². The highest BCUT2D eigenvalue weighted by Gasteiger charge is 2.22. The van der Waals surface area contributed by atoms with Crippen molar-refractivity contribution in [3.05, 3.63) is 84.0 Å². The topological polar surface area (TPSA) is 76.5 Å². The number of nitrogens with one attached hydrogen (secondary N) is 1. The van der Waals surface area contributed by atoms with Crippen molar-refractivity contribution in [2.45, 2.75) is 20.0 Å². The standard InChI is InChI=1S/C24H22N6O2/c1-17(31)26-18-10-12-19(13-11-18)29(15-20-7-6-14-28(20)3)23(32)16-30-22-9-5-4-8-21(22)27-24(30)25-2/h4-14H,15-16H2,1,3H3,(H,26,31). The lowest BCUT2D eigenvalue weighted by molar-refractivity contribution is -0.119. The van der Waals surface area contributed by atoms with Crippen molar-refractivity contribution in [3.63, 3.8) is 0 Å². The van der Waals surface area contributed by atoms with E-state index >= 15 is 0 Å². The highest BCUT2D eigenvalue weighted by Crippen LogP contribution is 2.25. The first-order chi connectivity index (χ1) is 15.5. The van der Waals surface area contributed by atoms with Crippen LogP contribution in [0.3, 0.4) is 0 Å². The molecule has 8 heteroatoms. The number of rotatable bonds is 6. The van der Waals surface area contributed by atoms with Gasteiger partial charge >= 0.3 is 5.95 Å². The number of hydrogen-bond donors (Lipinski definition) is 1. The van der Waals surface area contributed by atoms with E-state index in [1.165, 1.54) is 6.92 Å². The Balaban J connectivity index is 1.68. The number of carbonyl (C=O) groups is 2. The second-order valence-electron chi connectivity index (χ2n) is 7.42. The Labute approximate surface area is 185 Å². The quantitative estimate of drug-likeness (QED) is 0.471. The summed E-state index contributed by atoms with van der Waals surface area (Å²) in [5.41, 5.74) is 3.74. The summed E-state index contributed by atoms with van der Waals surface area (Å²) in [5.74, 6) is -0.154. The Bertz CT molecular complexity index is 1330. The van der Waals surface area contributed by atoms with Crippen molar-refractivity contribution in [1.29, 1.82) is 0 Å². The normalized spacial score (nSPS) is 10.7. The molecular weight excluding hydrogens is 404 g/mol. The molecule has 0 saturated heterocycles. The first-order valence-electron chi connectivity index (χ1n) is 10.1. The molecule has 0 radical (unpaired) electrons. The molecule has 0 spiro atoms. The fourth-order valence-corrected chi connectivity index (χ4v) is 3.60. The molecule has 2 aromatic carbocycles. The van der Waals surface area contributed by atoms with E-state index in [1.807, 2.05) is 54.2 Å². The Kier molecular flexibility index (Phi) is 5.73. The molecule has 4 aromatic rings. The van der Waals surface area contributed by atoms with Crippen LogP contribution < -0.4 is 10.2 Å². The highest BCUT2D eigenvalue weighted by atomic mass is 16.2. The zero-order chi connectivity index (χ0) is 22.7. The van der Waals surface area contributed by atoms with E-state index in [0.29, 0.717) is 23.4 Å². The zero-order valence-electron chi connectivity index (χ0n) is 17.8. The first-order valence-corrected chi connectivity index (χ1v) is 10.1. The van der Waals surface area contributed by atoms with E-state index in [0.717, 1.165) is 11.2 Å². The number of para-hydroxylation sites is 2. The summed E-state index contributed by atoms with van der Waals surface area (Å²) >= 11 is 0. The number of fused-ring (bicyclic) bond motifs is 1. The zero-order valence-corrected chi connectivity index (χ0v) is 17.8. The molecule has 2 heterocycles. The molecule has 0 aliphatic heterocycles. The van der Waals surface area contributed by atoms with Crippen molar-refractivity contribution in [2.24, 2.45) is 7.05 Å². The molecule has 0 unspecified atom stereocenters. The van der Waals surface area contributed by atoms with Gasteiger partial charge in [-0.15, -0.1) is 11.6 Å². The summed E-state index contributed by atoms with van der Waals surface area (Å²) in [5, 5.41) is 2.73. The molecule has 0 saturated carbocycles. The molecule has 160 valence electrons. The second kappa shape index (κ2) is 8.78. The van der Waals surface area contributed by atoms with Gasteiger partial charge in [0.25, 0.3) is 5.91 Å². The van der Waals surface area contributed by atoms with Gasteiger partial charge in [-0.05, 0) is 48.5 Å². The van der Waals surface area contributed by atoms with Gasteiger partial charge in [0.2, 0.25) is 5.91 Å². The Morgan fingerprint density at radius 3 is 2.50 bits per heavy atom. The molecule has 2 aromatic heterocycles. The molecular formula is C24H22N6O2. The molecule has 0 atom stereocenters. The summed E-state index contributed by atoms with van der Waals surface area (Å²) < 4.78 is 3.61. The Hall–Kier alpha value is -4.38. The average molecular weight is 426 g/mol. The van der Waals surface area contributed by atoms with Gasteiger partial charge in [0, 0.05) is 37.2 Å². The molecule has 4 rings (SSSR count). The highest BCUT2D eigenvalue weighted by molar-refractivity contribution is 5.95. The molecule has 0 aliphatic carbocycles.